The average Bonchev–Trinajstić information content (AvgIpc) is 2.35. The first-order valence-corrected chi connectivity index (χ1v) is 6.00. The lowest BCUT2D eigenvalue weighted by Gasteiger charge is -2.14. The third-order valence-electron chi connectivity index (χ3n) is 3.23. The Labute approximate surface area is 116 Å². The molecule has 0 aliphatic carbocycles. The van der Waals surface area contributed by atoms with Gasteiger partial charge in [-0.05, 0) is 43.5 Å². The molecule has 0 spiro atoms. The standard InChI is InChI=1S/C13H14N2O3S/c1-6-7(2)9(4-10(18-19)8(6)3)11-5-12(16)15-13(14)17-11/h4-5,19H,1-3H3,(H2,14,15,16). The number of nitrogen functional groups attached to an aromatic ring is 1. The molecule has 0 fully saturated rings. The molecule has 0 aliphatic rings. The highest BCUT2D eigenvalue weighted by atomic mass is 32.1. The van der Waals surface area contributed by atoms with Gasteiger partial charge in [-0.3, -0.25) is 4.79 Å². The molecule has 0 amide bonds. The second-order valence-corrected chi connectivity index (χ2v) is 4.47. The highest BCUT2D eigenvalue weighted by Gasteiger charge is 2.14. The van der Waals surface area contributed by atoms with Crippen molar-refractivity contribution < 1.29 is 8.60 Å². The zero-order valence-electron chi connectivity index (χ0n) is 10.9. The Morgan fingerprint density at radius 1 is 1.21 bits per heavy atom. The first-order valence-electron chi connectivity index (χ1n) is 5.64. The molecule has 19 heavy (non-hydrogen) atoms. The zero-order chi connectivity index (χ0) is 14.2. The molecule has 2 aromatic rings. The minimum atomic E-state index is -0.440. The van der Waals surface area contributed by atoms with Gasteiger partial charge in [0.2, 0.25) is 0 Å². The summed E-state index contributed by atoms with van der Waals surface area (Å²) in [6.45, 7) is 5.85. The third-order valence-corrected chi connectivity index (χ3v) is 3.42. The van der Waals surface area contributed by atoms with Crippen LogP contribution in [-0.4, -0.2) is 4.98 Å². The lowest BCUT2D eigenvalue weighted by Crippen LogP contribution is -2.08. The summed E-state index contributed by atoms with van der Waals surface area (Å²) >= 11 is 3.83. The summed E-state index contributed by atoms with van der Waals surface area (Å²) in [5.74, 6) is 0.976. The first-order chi connectivity index (χ1) is 8.93. The van der Waals surface area contributed by atoms with E-state index in [-0.39, 0.29) is 6.01 Å². The molecule has 2 N–H and O–H groups in total. The fraction of sp³-hybridized carbons (Fsp3) is 0.231. The third kappa shape index (κ3) is 2.44. The molecule has 1 heterocycles. The summed E-state index contributed by atoms with van der Waals surface area (Å²) in [4.78, 5) is 14.9. The van der Waals surface area contributed by atoms with Gasteiger partial charge in [0.1, 0.15) is 11.5 Å². The Balaban J connectivity index is 2.75. The number of rotatable bonds is 2. The predicted molar refractivity (Wildman–Crippen MR) is 76.4 cm³/mol. The van der Waals surface area contributed by atoms with E-state index in [1.807, 2.05) is 20.8 Å². The van der Waals surface area contributed by atoms with E-state index in [9.17, 15) is 4.79 Å². The normalized spacial score (nSPS) is 10.5. The molecular formula is C13H14N2O3S. The van der Waals surface area contributed by atoms with Crippen molar-refractivity contribution in [1.82, 2.24) is 4.98 Å². The summed E-state index contributed by atoms with van der Waals surface area (Å²) in [5, 5.41) is 0. The van der Waals surface area contributed by atoms with Gasteiger partial charge in [0.05, 0.1) is 0 Å². The van der Waals surface area contributed by atoms with E-state index in [1.54, 1.807) is 6.07 Å². The van der Waals surface area contributed by atoms with Gasteiger partial charge >= 0.3 is 0 Å². The van der Waals surface area contributed by atoms with Crippen molar-refractivity contribution in [2.24, 2.45) is 0 Å². The molecule has 5 nitrogen and oxygen atoms in total. The van der Waals surface area contributed by atoms with Crippen LogP contribution in [0.1, 0.15) is 16.7 Å². The largest absolute Gasteiger partial charge is 0.429 e. The molecule has 1 aromatic heterocycles. The quantitative estimate of drug-likeness (QED) is 0.651. The topological polar surface area (TPSA) is 78.3 Å². The maximum Gasteiger partial charge on any atom is 0.295 e. The molecule has 6 heteroatoms. The van der Waals surface area contributed by atoms with Gasteiger partial charge in [0, 0.05) is 24.5 Å². The maximum absolute atomic E-state index is 11.4. The van der Waals surface area contributed by atoms with Crippen LogP contribution in [0.5, 0.6) is 5.75 Å². The van der Waals surface area contributed by atoms with Gasteiger partial charge in [-0.25, -0.2) is 0 Å². The van der Waals surface area contributed by atoms with Crippen LogP contribution in [0, 0.1) is 20.8 Å². The van der Waals surface area contributed by atoms with Crippen molar-refractivity contribution in [3.05, 3.63) is 39.2 Å². The Morgan fingerprint density at radius 2 is 1.89 bits per heavy atom. The molecule has 0 saturated heterocycles. The van der Waals surface area contributed by atoms with Gasteiger partial charge < -0.3 is 14.3 Å². The Morgan fingerprint density at radius 3 is 2.47 bits per heavy atom. The predicted octanol–water partition coefficient (Wildman–Crippen LogP) is 2.43. The highest BCUT2D eigenvalue weighted by Crippen LogP contribution is 2.34. The Bertz CT molecular complexity index is 695. The number of aromatic nitrogens is 1. The number of thiol groups is 1. The summed E-state index contributed by atoms with van der Waals surface area (Å²) < 4.78 is 10.3. The fourth-order valence-corrected chi connectivity index (χ4v) is 2.11. The number of anilines is 1. The van der Waals surface area contributed by atoms with Crippen molar-refractivity contribution >= 4 is 18.9 Å². The van der Waals surface area contributed by atoms with Crippen molar-refractivity contribution in [3.63, 3.8) is 0 Å². The SMILES string of the molecule is Cc1c(OS)cc(-c2cc(=O)nc(N)o2)c(C)c1C. The number of hydrogen-bond acceptors (Lipinski definition) is 6. The van der Waals surface area contributed by atoms with Crippen LogP contribution >= 0.6 is 12.9 Å². The molecular weight excluding hydrogens is 264 g/mol. The minimum absolute atomic E-state index is 0.159. The molecule has 0 aliphatic heterocycles. The van der Waals surface area contributed by atoms with Crippen LogP contribution in [0.25, 0.3) is 11.3 Å². The molecule has 1 aromatic carbocycles. The molecule has 0 saturated carbocycles. The van der Waals surface area contributed by atoms with Crippen molar-refractivity contribution in [3.8, 4) is 17.1 Å². The van der Waals surface area contributed by atoms with Crippen LogP contribution in [-0.2, 0) is 0 Å². The van der Waals surface area contributed by atoms with E-state index >= 15 is 0 Å². The number of hydrogen-bond donors (Lipinski definition) is 2. The van der Waals surface area contributed by atoms with Crippen molar-refractivity contribution in [2.75, 3.05) is 5.73 Å². The van der Waals surface area contributed by atoms with Crippen LogP contribution < -0.4 is 15.5 Å². The summed E-state index contributed by atoms with van der Waals surface area (Å²) in [5.41, 5.74) is 8.77. The van der Waals surface area contributed by atoms with Gasteiger partial charge in [-0.2, -0.15) is 4.98 Å². The molecule has 0 bridgehead atoms. The number of benzene rings is 1. The smallest absolute Gasteiger partial charge is 0.295 e. The maximum atomic E-state index is 11.4. The number of nitrogens with two attached hydrogens (primary N) is 1. The Hall–Kier alpha value is -1.95. The van der Waals surface area contributed by atoms with E-state index in [4.69, 9.17) is 14.3 Å². The lowest BCUT2D eigenvalue weighted by molar-refractivity contribution is 0.562. The summed E-state index contributed by atoms with van der Waals surface area (Å²) in [7, 11) is 0. The molecule has 100 valence electrons. The van der Waals surface area contributed by atoms with E-state index in [0.29, 0.717) is 11.5 Å². The molecule has 2 rings (SSSR count). The number of nitrogens with zero attached hydrogens (tertiary/aromatic N) is 1. The second kappa shape index (κ2) is 4.97. The van der Waals surface area contributed by atoms with E-state index in [2.05, 4.69) is 17.9 Å². The fourth-order valence-electron chi connectivity index (χ4n) is 1.92. The van der Waals surface area contributed by atoms with Crippen molar-refractivity contribution in [1.29, 1.82) is 0 Å². The lowest BCUT2D eigenvalue weighted by atomic mass is 9.96. The van der Waals surface area contributed by atoms with Crippen LogP contribution in [0.4, 0.5) is 6.01 Å². The van der Waals surface area contributed by atoms with E-state index in [0.717, 1.165) is 22.3 Å². The van der Waals surface area contributed by atoms with Crippen LogP contribution in [0.2, 0.25) is 0 Å². The van der Waals surface area contributed by atoms with E-state index in [1.165, 1.54) is 6.07 Å². The summed E-state index contributed by atoms with van der Waals surface area (Å²) in [6, 6.07) is 2.91. The van der Waals surface area contributed by atoms with Crippen LogP contribution in [0.3, 0.4) is 0 Å². The summed E-state index contributed by atoms with van der Waals surface area (Å²) in [6.07, 6.45) is 0. The van der Waals surface area contributed by atoms with Gasteiger partial charge in [0.25, 0.3) is 11.6 Å². The Kier molecular flexibility index (Phi) is 3.53. The zero-order valence-corrected chi connectivity index (χ0v) is 11.7. The molecule has 0 unspecified atom stereocenters. The molecule has 0 atom stereocenters. The highest BCUT2D eigenvalue weighted by molar-refractivity contribution is 7.75. The van der Waals surface area contributed by atoms with E-state index < -0.39 is 5.56 Å². The van der Waals surface area contributed by atoms with Gasteiger partial charge in [0.15, 0.2) is 0 Å². The van der Waals surface area contributed by atoms with Gasteiger partial charge in [-0.1, -0.05) is 0 Å². The second-order valence-electron chi connectivity index (χ2n) is 4.29. The van der Waals surface area contributed by atoms with Crippen LogP contribution in [0.15, 0.2) is 21.3 Å². The van der Waals surface area contributed by atoms with Crippen molar-refractivity contribution in [2.45, 2.75) is 20.8 Å². The van der Waals surface area contributed by atoms with Gasteiger partial charge in [-0.15, -0.1) is 0 Å². The minimum Gasteiger partial charge on any atom is -0.429 e. The monoisotopic (exact) mass is 278 g/mol. The first kappa shape index (κ1) is 13.5. The average molecular weight is 278 g/mol. The molecule has 0 radical (unpaired) electrons.